The maximum Gasteiger partial charge on any atom is 0.446 e. The Balaban J connectivity index is 1.46. The van der Waals surface area contributed by atoms with Gasteiger partial charge in [-0.25, -0.2) is 47.7 Å². The molecule has 52 heavy (non-hydrogen) atoms. The van der Waals surface area contributed by atoms with Gasteiger partial charge in [0.15, 0.2) is 0 Å². The third-order valence-corrected chi connectivity index (χ3v) is 9.38. The van der Waals surface area contributed by atoms with Crippen molar-refractivity contribution in [1.82, 2.24) is 19.9 Å². The molecule has 0 saturated carbocycles. The number of fused-ring (bicyclic) bond motifs is 6. The summed E-state index contributed by atoms with van der Waals surface area (Å²) in [5, 5.41) is 20.4. The first-order valence-electron chi connectivity index (χ1n) is 14.7. The number of hydrogen-bond donors (Lipinski definition) is 0. The Bertz CT molecular complexity index is 2690. The maximum atomic E-state index is 14.7. The van der Waals surface area contributed by atoms with Gasteiger partial charge >= 0.3 is 5.51 Å². The van der Waals surface area contributed by atoms with Crippen LogP contribution in [0.15, 0.2) is 41.6 Å². The second kappa shape index (κ2) is 12.3. The normalized spacial score (nSPS) is 13.5. The van der Waals surface area contributed by atoms with Crippen molar-refractivity contribution >= 4 is 23.2 Å². The first-order valence-corrected chi connectivity index (χ1v) is 15.5. The molecule has 16 heteroatoms. The quantitative estimate of drug-likeness (QED) is 0.107. The van der Waals surface area contributed by atoms with E-state index < -0.39 is 45.4 Å². The predicted molar refractivity (Wildman–Crippen MR) is 172 cm³/mol. The van der Waals surface area contributed by atoms with Crippen LogP contribution in [-0.2, 0) is 12.8 Å². The Hall–Kier alpha value is -6.62. The molecule has 0 bridgehead atoms. The van der Waals surface area contributed by atoms with Gasteiger partial charge in [-0.15, -0.1) is 0 Å². The average molecular weight is 723 g/mol. The lowest BCUT2D eigenvalue weighted by Crippen LogP contribution is -2.26. The maximum absolute atomic E-state index is 14.7. The topological polar surface area (TPSA) is 108 Å². The van der Waals surface area contributed by atoms with Crippen molar-refractivity contribution in [2.45, 2.75) is 30.2 Å². The van der Waals surface area contributed by atoms with Crippen molar-refractivity contribution in [3.05, 3.63) is 121 Å². The van der Waals surface area contributed by atoms with Gasteiger partial charge in [0.1, 0.15) is 23.3 Å². The molecule has 7 rings (SSSR count). The number of hydrogen-bond acceptors (Lipinski definition) is 7. The fraction of sp³-hybridized carbons (Fsp3) is 0.111. The van der Waals surface area contributed by atoms with Gasteiger partial charge in [0, 0.05) is 51.1 Å². The van der Waals surface area contributed by atoms with E-state index in [1.165, 1.54) is 13.1 Å². The SMILES string of the molecule is [C-]#[N+]/C(C#N)=c1/c2c(/c(=C(\C#N)[N+]#[C-])c3c1-c1ncc(-c4cc(F)c(C)c(F)c4)nc1C3)-c1ncc(-c3cc(F)c(SC(F)(F)F)c(F)c3)nc1C2. The molecule has 2 aliphatic carbocycles. The summed E-state index contributed by atoms with van der Waals surface area (Å²) in [4.78, 5) is 23.7. The van der Waals surface area contributed by atoms with Gasteiger partial charge in [-0.05, 0) is 54.1 Å². The molecular formula is C36H13F7N8S. The van der Waals surface area contributed by atoms with E-state index in [1.54, 1.807) is 0 Å². The number of alkyl halides is 3. The van der Waals surface area contributed by atoms with Crippen LogP contribution < -0.4 is 10.4 Å². The monoisotopic (exact) mass is 722 g/mol. The van der Waals surface area contributed by atoms with Crippen LogP contribution in [-0.4, -0.2) is 25.4 Å². The minimum absolute atomic E-state index is 0.0724. The van der Waals surface area contributed by atoms with E-state index in [-0.39, 0.29) is 102 Å². The molecule has 0 saturated heterocycles. The Kier molecular flexibility index (Phi) is 8.01. The number of nitriles is 2. The molecular weight excluding hydrogens is 710 g/mol. The molecule has 0 atom stereocenters. The Morgan fingerprint density at radius 3 is 1.50 bits per heavy atom. The van der Waals surface area contributed by atoms with Gasteiger partial charge in [-0.3, -0.25) is 9.97 Å². The van der Waals surface area contributed by atoms with Gasteiger partial charge in [0.2, 0.25) is 0 Å². The fourth-order valence-electron chi connectivity index (χ4n) is 6.37. The molecule has 2 aliphatic rings. The number of rotatable bonds is 3. The van der Waals surface area contributed by atoms with Gasteiger partial charge in [-0.1, -0.05) is 0 Å². The highest BCUT2D eigenvalue weighted by Crippen LogP contribution is 2.42. The summed E-state index contributed by atoms with van der Waals surface area (Å²) in [5.74, 6) is -4.54. The van der Waals surface area contributed by atoms with Gasteiger partial charge in [0.25, 0.3) is 11.4 Å². The molecule has 252 valence electrons. The van der Waals surface area contributed by atoms with Crippen molar-refractivity contribution in [2.24, 2.45) is 0 Å². The average Bonchev–Trinajstić information content (AvgIpc) is 3.67. The third kappa shape index (κ3) is 5.38. The summed E-state index contributed by atoms with van der Waals surface area (Å²) in [6.45, 7) is 16.9. The van der Waals surface area contributed by atoms with Gasteiger partial charge in [0.05, 0.1) is 76.7 Å². The van der Waals surface area contributed by atoms with E-state index in [0.717, 1.165) is 18.3 Å². The van der Waals surface area contributed by atoms with Crippen LogP contribution in [0.5, 0.6) is 0 Å². The van der Waals surface area contributed by atoms with Crippen molar-refractivity contribution < 1.29 is 30.7 Å². The summed E-state index contributed by atoms with van der Waals surface area (Å²) in [6, 6.07) is 7.34. The van der Waals surface area contributed by atoms with Crippen molar-refractivity contribution in [2.75, 3.05) is 0 Å². The van der Waals surface area contributed by atoms with E-state index in [1.807, 2.05) is 12.1 Å². The van der Waals surface area contributed by atoms with Crippen LogP contribution in [0.4, 0.5) is 30.7 Å². The number of benzene rings is 3. The molecule has 0 N–H and O–H groups in total. The first kappa shape index (κ1) is 33.9. The van der Waals surface area contributed by atoms with E-state index in [4.69, 9.17) is 13.1 Å². The molecule has 5 aromatic rings. The zero-order valence-corrected chi connectivity index (χ0v) is 26.8. The van der Waals surface area contributed by atoms with Crippen LogP contribution in [0, 0.1) is 66.0 Å². The Morgan fingerprint density at radius 2 is 1.13 bits per heavy atom. The minimum atomic E-state index is -4.94. The summed E-state index contributed by atoms with van der Waals surface area (Å²) in [7, 11) is 0. The molecule has 0 aliphatic heterocycles. The molecule has 8 nitrogen and oxygen atoms in total. The Labute approximate surface area is 292 Å². The Morgan fingerprint density at radius 1 is 0.731 bits per heavy atom. The van der Waals surface area contributed by atoms with Crippen LogP contribution >= 0.6 is 11.8 Å². The number of aromatic nitrogens is 4. The summed E-state index contributed by atoms with van der Waals surface area (Å²) < 4.78 is 96.9. The lowest BCUT2D eigenvalue weighted by Gasteiger charge is -2.12. The highest BCUT2D eigenvalue weighted by atomic mass is 32.2. The van der Waals surface area contributed by atoms with Crippen molar-refractivity contribution in [1.29, 1.82) is 10.5 Å². The summed E-state index contributed by atoms with van der Waals surface area (Å²) >= 11 is -0.938. The standard InChI is InChI=1S/C36H13F7N8S/c1-14-19(37)4-15(5-20(14)38)27-12-48-33-23(50-27)8-17-29(25(10-44)46-2)32-18(30(31(17)33)26(11-45)47-3)9-24-34(32)49-13-28(51-24)16-6-21(39)35(22(40)7-16)52-36(41,42)43/h4-7,12-13H,8-9H2,1H3/b29-25+,30-26-. The molecule has 0 radical (unpaired) electrons. The molecule has 3 aromatic carbocycles. The smallest absolute Gasteiger partial charge is 0.252 e. The highest BCUT2D eigenvalue weighted by Gasteiger charge is 2.36. The lowest BCUT2D eigenvalue weighted by atomic mass is 9.92. The van der Waals surface area contributed by atoms with Crippen molar-refractivity contribution in [3.8, 4) is 57.2 Å². The summed E-state index contributed by atoms with van der Waals surface area (Å²) in [5.41, 5.74) is -4.19. The van der Waals surface area contributed by atoms with Crippen molar-refractivity contribution in [3.63, 3.8) is 0 Å². The fourth-order valence-corrected chi connectivity index (χ4v) is 6.92. The molecule has 0 fully saturated rings. The minimum Gasteiger partial charge on any atom is -0.252 e. The van der Waals surface area contributed by atoms with Crippen LogP contribution in [0.1, 0.15) is 28.1 Å². The van der Waals surface area contributed by atoms with E-state index in [2.05, 4.69) is 29.6 Å². The van der Waals surface area contributed by atoms with Gasteiger partial charge in [-0.2, -0.15) is 13.2 Å². The number of thioether (sulfide) groups is 1. The largest absolute Gasteiger partial charge is 0.446 e. The second-order valence-electron chi connectivity index (χ2n) is 11.4. The molecule has 2 aromatic heterocycles. The van der Waals surface area contributed by atoms with E-state index in [9.17, 15) is 41.3 Å². The van der Waals surface area contributed by atoms with Gasteiger partial charge < -0.3 is 0 Å². The van der Waals surface area contributed by atoms with E-state index >= 15 is 0 Å². The molecule has 0 amide bonds. The highest BCUT2D eigenvalue weighted by molar-refractivity contribution is 8.00. The predicted octanol–water partition coefficient (Wildman–Crippen LogP) is 7.32. The lowest BCUT2D eigenvalue weighted by molar-refractivity contribution is -0.0330. The first-order chi connectivity index (χ1) is 24.8. The number of halogens is 7. The third-order valence-electron chi connectivity index (χ3n) is 8.56. The van der Waals surface area contributed by atoms with Crippen LogP contribution in [0.3, 0.4) is 0 Å². The number of nitrogens with zero attached hydrogens (tertiary/aromatic N) is 8. The second-order valence-corrected chi connectivity index (χ2v) is 12.5. The zero-order valence-electron chi connectivity index (χ0n) is 26.0. The van der Waals surface area contributed by atoms with Crippen LogP contribution in [0.25, 0.3) is 66.1 Å². The summed E-state index contributed by atoms with van der Waals surface area (Å²) in [6.07, 6.45) is 2.17. The van der Waals surface area contributed by atoms with E-state index in [0.29, 0.717) is 17.7 Å². The molecule has 2 heterocycles. The zero-order chi connectivity index (χ0) is 37.2. The molecule has 0 spiro atoms. The molecule has 0 unspecified atom stereocenters. The van der Waals surface area contributed by atoms with Crippen LogP contribution in [0.2, 0.25) is 0 Å².